The smallest absolute Gasteiger partial charge is 0.243 e. The quantitative estimate of drug-likeness (QED) is 0.412. The van der Waals surface area contributed by atoms with Gasteiger partial charge in [0.2, 0.25) is 5.91 Å². The molecule has 0 spiro atoms. The zero-order valence-electron chi connectivity index (χ0n) is 10.0. The molecule has 0 bridgehead atoms. The molecule has 0 heterocycles. The third kappa shape index (κ3) is 10.4. The van der Waals surface area contributed by atoms with Crippen molar-refractivity contribution in [1.82, 2.24) is 5.32 Å². The molecule has 16 heavy (non-hydrogen) atoms. The molecular weight excluding hydrogens is 198 g/mol. The van der Waals surface area contributed by atoms with Gasteiger partial charge >= 0.3 is 0 Å². The van der Waals surface area contributed by atoms with Gasteiger partial charge in [0.15, 0.2) is 0 Å². The number of unbranched alkanes of at least 4 members (excludes halogenated alkanes) is 2. The average Bonchev–Trinajstić information content (AvgIpc) is 2.25. The van der Waals surface area contributed by atoms with Gasteiger partial charge in [0.25, 0.3) is 0 Å². The topological polar surface area (TPSA) is 29.1 Å². The molecule has 0 aromatic carbocycles. The molecule has 0 aromatic rings. The SMILES string of the molecule is C#CC#CCCC/C=C\C(=O)NCC(C)C. The van der Waals surface area contributed by atoms with Crippen LogP contribution in [0.15, 0.2) is 12.2 Å². The van der Waals surface area contributed by atoms with Crippen molar-refractivity contribution in [2.75, 3.05) is 6.54 Å². The number of carbonyl (C=O) groups is 1. The molecule has 2 nitrogen and oxygen atoms in total. The van der Waals surface area contributed by atoms with Gasteiger partial charge in [-0.15, -0.1) is 6.42 Å². The molecule has 0 fully saturated rings. The molecule has 0 saturated carbocycles. The van der Waals surface area contributed by atoms with Gasteiger partial charge in [0.05, 0.1) is 0 Å². The summed E-state index contributed by atoms with van der Waals surface area (Å²) in [6, 6.07) is 0. The number of nitrogens with one attached hydrogen (secondary N) is 1. The fourth-order valence-corrected chi connectivity index (χ4v) is 0.976. The van der Waals surface area contributed by atoms with E-state index < -0.39 is 0 Å². The Morgan fingerprint density at radius 2 is 2.25 bits per heavy atom. The monoisotopic (exact) mass is 217 g/mol. The highest BCUT2D eigenvalue weighted by Gasteiger charge is 1.96. The maximum absolute atomic E-state index is 11.2. The summed E-state index contributed by atoms with van der Waals surface area (Å²) in [5, 5.41) is 2.81. The number of hydrogen-bond donors (Lipinski definition) is 1. The molecule has 1 N–H and O–H groups in total. The van der Waals surface area contributed by atoms with Gasteiger partial charge in [-0.05, 0) is 36.7 Å². The molecule has 0 aliphatic rings. The van der Waals surface area contributed by atoms with Gasteiger partial charge in [0, 0.05) is 13.0 Å². The van der Waals surface area contributed by atoms with Gasteiger partial charge in [-0.3, -0.25) is 4.79 Å². The van der Waals surface area contributed by atoms with Crippen LogP contribution in [0.25, 0.3) is 0 Å². The van der Waals surface area contributed by atoms with Gasteiger partial charge in [-0.25, -0.2) is 0 Å². The number of allylic oxidation sites excluding steroid dienone is 1. The van der Waals surface area contributed by atoms with Crippen LogP contribution in [0.5, 0.6) is 0 Å². The Balaban J connectivity index is 3.53. The number of terminal acetylenes is 1. The average molecular weight is 217 g/mol. The highest BCUT2D eigenvalue weighted by molar-refractivity contribution is 5.87. The lowest BCUT2D eigenvalue weighted by Crippen LogP contribution is -2.25. The van der Waals surface area contributed by atoms with Crippen molar-refractivity contribution in [2.45, 2.75) is 33.1 Å². The molecule has 0 atom stereocenters. The minimum atomic E-state index is -0.0246. The van der Waals surface area contributed by atoms with Crippen LogP contribution < -0.4 is 5.32 Å². The second-order valence-corrected chi connectivity index (χ2v) is 3.88. The van der Waals surface area contributed by atoms with Crippen molar-refractivity contribution >= 4 is 5.91 Å². The maximum Gasteiger partial charge on any atom is 0.243 e. The van der Waals surface area contributed by atoms with Crippen molar-refractivity contribution < 1.29 is 4.79 Å². The lowest BCUT2D eigenvalue weighted by atomic mass is 10.2. The normalized spacial score (nSPS) is 9.62. The Bertz CT molecular complexity index is 323. The molecule has 0 saturated heterocycles. The Hall–Kier alpha value is -1.67. The van der Waals surface area contributed by atoms with E-state index in [9.17, 15) is 4.79 Å². The van der Waals surface area contributed by atoms with Gasteiger partial charge in [-0.1, -0.05) is 25.8 Å². The van der Waals surface area contributed by atoms with E-state index >= 15 is 0 Å². The number of rotatable bonds is 6. The van der Waals surface area contributed by atoms with E-state index in [-0.39, 0.29) is 5.91 Å². The van der Waals surface area contributed by atoms with Crippen molar-refractivity contribution in [3.8, 4) is 24.2 Å². The van der Waals surface area contributed by atoms with Crippen molar-refractivity contribution in [3.63, 3.8) is 0 Å². The zero-order valence-corrected chi connectivity index (χ0v) is 10.0. The summed E-state index contributed by atoms with van der Waals surface area (Å²) in [6.07, 6.45) is 11.0. The Morgan fingerprint density at radius 1 is 1.50 bits per heavy atom. The molecule has 2 heteroatoms. The number of hydrogen-bond acceptors (Lipinski definition) is 1. The summed E-state index contributed by atoms with van der Waals surface area (Å²) in [4.78, 5) is 11.2. The zero-order chi connectivity index (χ0) is 12.2. The minimum Gasteiger partial charge on any atom is -0.352 e. The van der Waals surface area contributed by atoms with E-state index in [4.69, 9.17) is 6.42 Å². The lowest BCUT2D eigenvalue weighted by Gasteiger charge is -2.03. The summed E-state index contributed by atoms with van der Waals surface area (Å²) >= 11 is 0. The van der Waals surface area contributed by atoms with E-state index in [1.54, 1.807) is 6.08 Å². The third-order valence-electron chi connectivity index (χ3n) is 1.79. The standard InChI is InChI=1S/C14H19NO/c1-4-5-6-7-8-9-10-11-14(16)15-12-13(2)3/h1,10-11,13H,7-9,12H2,2-3H3,(H,15,16)/b11-10-. The minimum absolute atomic E-state index is 0.0246. The van der Waals surface area contributed by atoms with Crippen molar-refractivity contribution in [3.05, 3.63) is 12.2 Å². The first-order valence-electron chi connectivity index (χ1n) is 5.54. The molecule has 86 valence electrons. The molecular formula is C14H19NO. The maximum atomic E-state index is 11.2. The van der Waals surface area contributed by atoms with E-state index in [0.29, 0.717) is 5.92 Å². The fourth-order valence-electron chi connectivity index (χ4n) is 0.976. The third-order valence-corrected chi connectivity index (χ3v) is 1.79. The van der Waals surface area contributed by atoms with Crippen LogP contribution in [0.4, 0.5) is 0 Å². The van der Waals surface area contributed by atoms with Gasteiger partial charge in [-0.2, -0.15) is 0 Å². The first kappa shape index (κ1) is 14.3. The second-order valence-electron chi connectivity index (χ2n) is 3.88. The molecule has 0 unspecified atom stereocenters. The van der Waals surface area contributed by atoms with Crippen LogP contribution in [-0.2, 0) is 4.79 Å². The number of carbonyl (C=O) groups excluding carboxylic acids is 1. The lowest BCUT2D eigenvalue weighted by molar-refractivity contribution is -0.116. The molecule has 0 aromatic heterocycles. The van der Waals surface area contributed by atoms with Crippen molar-refractivity contribution in [1.29, 1.82) is 0 Å². The van der Waals surface area contributed by atoms with E-state index in [1.165, 1.54) is 0 Å². The van der Waals surface area contributed by atoms with E-state index in [0.717, 1.165) is 25.8 Å². The van der Waals surface area contributed by atoms with Crippen LogP contribution >= 0.6 is 0 Å². The highest BCUT2D eigenvalue weighted by Crippen LogP contribution is 1.95. The van der Waals surface area contributed by atoms with Crippen LogP contribution in [-0.4, -0.2) is 12.5 Å². The predicted molar refractivity (Wildman–Crippen MR) is 67.4 cm³/mol. The van der Waals surface area contributed by atoms with E-state index in [1.807, 2.05) is 6.08 Å². The molecule has 0 rings (SSSR count). The Labute approximate surface area is 98.5 Å². The fraction of sp³-hybridized carbons (Fsp3) is 0.500. The van der Waals surface area contributed by atoms with E-state index in [2.05, 4.69) is 36.9 Å². The largest absolute Gasteiger partial charge is 0.352 e. The first-order chi connectivity index (χ1) is 7.66. The van der Waals surface area contributed by atoms with Crippen LogP contribution in [0.1, 0.15) is 33.1 Å². The summed E-state index contributed by atoms with van der Waals surface area (Å²) in [6.45, 7) is 4.85. The molecule has 0 radical (unpaired) electrons. The number of amides is 1. The molecule has 1 amide bonds. The highest BCUT2D eigenvalue weighted by atomic mass is 16.1. The first-order valence-corrected chi connectivity index (χ1v) is 5.54. The summed E-state index contributed by atoms with van der Waals surface area (Å²) in [7, 11) is 0. The summed E-state index contributed by atoms with van der Waals surface area (Å²) in [5.41, 5.74) is 0. The summed E-state index contributed by atoms with van der Waals surface area (Å²) < 4.78 is 0. The van der Waals surface area contributed by atoms with Crippen molar-refractivity contribution in [2.24, 2.45) is 5.92 Å². The Kier molecular flexibility index (Phi) is 8.84. The van der Waals surface area contributed by atoms with Crippen LogP contribution in [0.2, 0.25) is 0 Å². The predicted octanol–water partition coefficient (Wildman–Crippen LogP) is 2.12. The summed E-state index contributed by atoms with van der Waals surface area (Å²) in [5.74, 6) is 8.12. The van der Waals surface area contributed by atoms with Gasteiger partial charge < -0.3 is 5.32 Å². The van der Waals surface area contributed by atoms with Crippen LogP contribution in [0.3, 0.4) is 0 Å². The molecule has 0 aliphatic carbocycles. The molecule has 0 aliphatic heterocycles. The second kappa shape index (κ2) is 9.87. The van der Waals surface area contributed by atoms with Gasteiger partial charge in [0.1, 0.15) is 0 Å². The Morgan fingerprint density at radius 3 is 2.88 bits per heavy atom. The van der Waals surface area contributed by atoms with Crippen LogP contribution in [0, 0.1) is 30.1 Å².